The van der Waals surface area contributed by atoms with E-state index < -0.39 is 42.1 Å². The molecule has 2 aromatic heterocycles. The second-order valence-electron chi connectivity index (χ2n) is 10.7. The lowest BCUT2D eigenvalue weighted by Gasteiger charge is -2.36. The van der Waals surface area contributed by atoms with E-state index >= 15 is 0 Å². The number of aromatic amines is 1. The number of amides is 1. The summed E-state index contributed by atoms with van der Waals surface area (Å²) in [5.74, 6) is -2.31. The molecule has 0 bridgehead atoms. The molecule has 1 fully saturated rings. The van der Waals surface area contributed by atoms with E-state index in [1.165, 1.54) is 42.6 Å². The zero-order chi connectivity index (χ0) is 29.4. The number of hydrogen-bond donors (Lipinski definition) is 2. The summed E-state index contributed by atoms with van der Waals surface area (Å²) in [5, 5.41) is 12.7. The zero-order valence-electron chi connectivity index (χ0n) is 22.5. The molecule has 3 heterocycles. The fraction of sp³-hybridized carbons (Fsp3) is 0.357. The highest BCUT2D eigenvalue weighted by Gasteiger charge is 2.54. The number of pyridine rings is 1. The molecule has 3 unspecified atom stereocenters. The second kappa shape index (κ2) is 10.6. The van der Waals surface area contributed by atoms with Gasteiger partial charge in [0.05, 0.1) is 28.2 Å². The molecule has 1 aromatic carbocycles. The average Bonchev–Trinajstić information content (AvgIpc) is 3.39. The van der Waals surface area contributed by atoms with Crippen LogP contribution in [0, 0.1) is 22.0 Å². The summed E-state index contributed by atoms with van der Waals surface area (Å²) in [4.78, 5) is 28.3. The second-order valence-corrected chi connectivity index (χ2v) is 12.8. The minimum Gasteiger partial charge on any atom is -0.487 e. The quantitative estimate of drug-likeness (QED) is 0.280. The predicted molar refractivity (Wildman–Crippen MR) is 149 cm³/mol. The van der Waals surface area contributed by atoms with Crippen LogP contribution in [0.4, 0.5) is 5.69 Å². The monoisotopic (exact) mass is 582 g/mol. The first-order valence-corrected chi connectivity index (χ1v) is 14.5. The molecule has 0 saturated carbocycles. The topological polar surface area (TPSA) is 177 Å². The molecule has 1 amide bonds. The molecule has 13 heteroatoms. The minimum atomic E-state index is -4.65. The number of primary amides is 1. The number of nitro benzene ring substituents is 1. The van der Waals surface area contributed by atoms with Gasteiger partial charge in [0, 0.05) is 24.3 Å². The first-order chi connectivity index (χ1) is 19.4. The Morgan fingerprint density at radius 2 is 2.07 bits per heavy atom. The Bertz CT molecular complexity index is 1660. The molecule has 41 heavy (non-hydrogen) atoms. The maximum atomic E-state index is 14.3. The highest BCUT2D eigenvalue weighted by atomic mass is 32.2. The summed E-state index contributed by atoms with van der Waals surface area (Å²) in [6.45, 7) is 4.70. The fourth-order valence-electron chi connectivity index (χ4n) is 5.29. The van der Waals surface area contributed by atoms with Crippen molar-refractivity contribution in [2.24, 2.45) is 17.6 Å². The maximum absolute atomic E-state index is 14.3. The van der Waals surface area contributed by atoms with Crippen molar-refractivity contribution >= 4 is 32.5 Å². The number of allylic oxidation sites excluding steroid dienone is 2. The Labute approximate surface area is 236 Å². The van der Waals surface area contributed by atoms with Crippen LogP contribution in [-0.2, 0) is 19.4 Å². The summed E-state index contributed by atoms with van der Waals surface area (Å²) in [6, 6.07) is 6.66. The van der Waals surface area contributed by atoms with Crippen molar-refractivity contribution in [1.82, 2.24) is 9.97 Å². The van der Waals surface area contributed by atoms with Crippen molar-refractivity contribution in [3.63, 3.8) is 0 Å². The number of rotatable bonds is 9. The van der Waals surface area contributed by atoms with E-state index in [2.05, 4.69) is 9.97 Å². The zero-order valence-corrected chi connectivity index (χ0v) is 23.3. The Morgan fingerprint density at radius 3 is 2.80 bits per heavy atom. The molecule has 2 aliphatic rings. The number of fused-ring (bicyclic) bond motifs is 1. The van der Waals surface area contributed by atoms with Crippen LogP contribution < -0.4 is 15.2 Å². The average molecular weight is 583 g/mol. The van der Waals surface area contributed by atoms with Crippen molar-refractivity contribution in [1.29, 1.82) is 0 Å². The van der Waals surface area contributed by atoms with Gasteiger partial charge in [-0.25, -0.2) is 13.4 Å². The van der Waals surface area contributed by atoms with Gasteiger partial charge < -0.3 is 24.9 Å². The number of nitrogens with zero attached hydrogens (tertiary/aromatic N) is 2. The van der Waals surface area contributed by atoms with E-state index in [-0.39, 0.29) is 29.6 Å². The van der Waals surface area contributed by atoms with Gasteiger partial charge in [0.2, 0.25) is 20.7 Å². The third kappa shape index (κ3) is 5.42. The lowest BCUT2D eigenvalue weighted by atomic mass is 9.89. The molecule has 12 nitrogen and oxygen atoms in total. The number of benzene rings is 1. The Balaban J connectivity index is 1.52. The summed E-state index contributed by atoms with van der Waals surface area (Å²) >= 11 is 0. The molecular formula is C28H30N4O8S. The van der Waals surface area contributed by atoms with Crippen molar-refractivity contribution < 1.29 is 32.3 Å². The summed E-state index contributed by atoms with van der Waals surface area (Å²) in [7, 11) is -4.65. The molecule has 5 rings (SSSR count). The maximum Gasteiger partial charge on any atom is 0.312 e. The van der Waals surface area contributed by atoms with Crippen LogP contribution >= 0.6 is 0 Å². The van der Waals surface area contributed by atoms with Crippen LogP contribution in [0.15, 0.2) is 71.9 Å². The molecule has 3 aromatic rings. The Morgan fingerprint density at radius 1 is 1.27 bits per heavy atom. The number of nitro groups is 1. The molecule has 1 aliphatic carbocycles. The third-order valence-corrected chi connectivity index (χ3v) is 9.45. The first-order valence-electron chi connectivity index (χ1n) is 13.0. The summed E-state index contributed by atoms with van der Waals surface area (Å²) < 4.78 is 46.2. The first kappa shape index (κ1) is 28.3. The summed E-state index contributed by atoms with van der Waals surface area (Å²) in [5.41, 5.74) is 5.34. The molecule has 0 spiro atoms. The van der Waals surface area contributed by atoms with Crippen molar-refractivity contribution in [3.05, 3.63) is 77.1 Å². The normalized spacial score (nSPS) is 23.8. The van der Waals surface area contributed by atoms with Crippen molar-refractivity contribution in [2.75, 3.05) is 13.2 Å². The van der Waals surface area contributed by atoms with E-state index in [1.54, 1.807) is 18.3 Å². The third-order valence-electron chi connectivity index (χ3n) is 7.27. The van der Waals surface area contributed by atoms with Gasteiger partial charge in [-0.15, -0.1) is 0 Å². The van der Waals surface area contributed by atoms with Crippen LogP contribution in [0.2, 0.25) is 0 Å². The number of sulfone groups is 1. The molecule has 0 radical (unpaired) electrons. The van der Waals surface area contributed by atoms with Crippen LogP contribution in [0.5, 0.6) is 11.5 Å². The largest absolute Gasteiger partial charge is 0.487 e. The van der Waals surface area contributed by atoms with Crippen molar-refractivity contribution in [2.45, 2.75) is 42.1 Å². The number of carbonyl (C=O) groups is 1. The molecular weight excluding hydrogens is 552 g/mol. The van der Waals surface area contributed by atoms with Crippen LogP contribution in [0.25, 0.3) is 11.0 Å². The minimum absolute atomic E-state index is 0.0562. The molecule has 216 valence electrons. The number of carbonyl (C=O) groups excluding carboxylic acids is 1. The Kier molecular flexibility index (Phi) is 7.34. The van der Waals surface area contributed by atoms with Gasteiger partial charge in [-0.3, -0.25) is 14.9 Å². The molecule has 3 N–H and O–H groups in total. The van der Waals surface area contributed by atoms with Gasteiger partial charge in [0.25, 0.3) is 0 Å². The number of hydrogen-bond acceptors (Lipinski definition) is 9. The Hall–Kier alpha value is -4.23. The number of aromatic nitrogens is 2. The predicted octanol–water partition coefficient (Wildman–Crippen LogP) is 3.83. The van der Waals surface area contributed by atoms with Crippen LogP contribution in [-0.4, -0.2) is 53.0 Å². The van der Waals surface area contributed by atoms with E-state index in [1.807, 2.05) is 13.8 Å². The van der Waals surface area contributed by atoms with Gasteiger partial charge >= 0.3 is 5.69 Å². The fourth-order valence-corrected chi connectivity index (χ4v) is 7.16. The van der Waals surface area contributed by atoms with E-state index in [9.17, 15) is 23.3 Å². The molecule has 1 saturated heterocycles. The molecule has 3 atom stereocenters. The smallest absolute Gasteiger partial charge is 0.312 e. The van der Waals surface area contributed by atoms with Gasteiger partial charge in [-0.1, -0.05) is 18.2 Å². The van der Waals surface area contributed by atoms with Crippen LogP contribution in [0.3, 0.4) is 0 Å². The molecule has 1 aliphatic heterocycles. The lowest BCUT2D eigenvalue weighted by molar-refractivity contribution is -0.386. The summed E-state index contributed by atoms with van der Waals surface area (Å²) in [6.07, 6.45) is 9.86. The number of H-pyrrole nitrogens is 1. The van der Waals surface area contributed by atoms with Gasteiger partial charge in [0.15, 0.2) is 5.75 Å². The number of nitrogens with two attached hydrogens (primary N) is 1. The standard InChI is InChI=1S/C28H30N4O8S/c1-27(2)15-18(9-12-39-27)17-38-24-7-6-21(14-23(24)32(34)35)41(36,37)28(10-4-3-5-22(28)25(29)33)40-20-13-19-8-11-30-26(19)31-16-20/h3-8,10-11,13-14,16,18,22H,9,12,15,17H2,1-2H3,(H2,29,33)(H,30,31). The SMILES string of the molecule is CC1(C)CC(COc2ccc(S(=O)(=O)C3(Oc4cnc5[nH]ccc5c4)C=CC=CC3C(N)=O)cc2[N+](=O)[O-])CCO1. The van der Waals surface area contributed by atoms with E-state index in [0.29, 0.717) is 24.1 Å². The number of ether oxygens (including phenoxy) is 3. The van der Waals surface area contributed by atoms with Gasteiger partial charge in [-0.2, -0.15) is 0 Å². The van der Waals surface area contributed by atoms with Gasteiger partial charge in [-0.05, 0) is 62.9 Å². The highest BCUT2D eigenvalue weighted by Crippen LogP contribution is 2.42. The number of nitrogens with one attached hydrogen (secondary N) is 1. The highest BCUT2D eigenvalue weighted by molar-refractivity contribution is 7.93. The van der Waals surface area contributed by atoms with Crippen LogP contribution in [0.1, 0.15) is 26.7 Å². The van der Waals surface area contributed by atoms with Gasteiger partial charge in [0.1, 0.15) is 17.3 Å². The van der Waals surface area contributed by atoms with E-state index in [4.69, 9.17) is 19.9 Å². The van der Waals surface area contributed by atoms with Crippen molar-refractivity contribution in [3.8, 4) is 11.5 Å². The van der Waals surface area contributed by atoms with E-state index in [0.717, 1.165) is 12.5 Å². The lowest BCUT2D eigenvalue weighted by Crippen LogP contribution is -2.53.